The van der Waals surface area contributed by atoms with Crippen LogP contribution in [0.4, 0.5) is 0 Å². The third kappa shape index (κ3) is 4.54. The van der Waals surface area contributed by atoms with E-state index in [1.165, 1.54) is 6.07 Å². The van der Waals surface area contributed by atoms with E-state index in [1.54, 1.807) is 36.4 Å². The first kappa shape index (κ1) is 21.6. The molecule has 0 spiro atoms. The van der Waals surface area contributed by atoms with Crippen LogP contribution in [0.3, 0.4) is 0 Å². The number of benzene rings is 2. The van der Waals surface area contributed by atoms with Gasteiger partial charge in [0.05, 0.1) is 0 Å². The monoisotopic (exact) mass is 429 g/mol. The molecule has 1 N–H and O–H groups in total. The van der Waals surface area contributed by atoms with Crippen LogP contribution in [0.1, 0.15) is 61.0 Å². The normalized spacial score (nSPS) is 11.8. The summed E-state index contributed by atoms with van der Waals surface area (Å²) in [6, 6.07) is 13.3. The van der Waals surface area contributed by atoms with Crippen molar-refractivity contribution in [1.82, 2.24) is 4.72 Å². The summed E-state index contributed by atoms with van der Waals surface area (Å²) in [4.78, 5) is 24.7. The van der Waals surface area contributed by atoms with E-state index in [1.807, 2.05) is 38.5 Å². The molecule has 0 saturated carbocycles. The molecule has 1 heterocycles. The quantitative estimate of drug-likeness (QED) is 0.592. The zero-order valence-electron chi connectivity index (χ0n) is 17.1. The van der Waals surface area contributed by atoms with E-state index in [-0.39, 0.29) is 17.6 Å². The zero-order chi connectivity index (χ0) is 22.1. The molecule has 0 radical (unpaired) electrons. The van der Waals surface area contributed by atoms with Crippen molar-refractivity contribution < 1.29 is 21.8 Å². The van der Waals surface area contributed by atoms with Crippen molar-refractivity contribution in [3.63, 3.8) is 0 Å². The standard InChI is InChI=1S/C22H23NO6S/c1-13(2)16-9-7-10-17(14(3)4)20(16)29-30(26,27)23-21(24)18-12-15-8-5-6-11-19(15)28-22(18)25/h5-14H,1-4H3,(H,23,24). The van der Waals surface area contributed by atoms with Crippen molar-refractivity contribution in [3.8, 4) is 5.75 Å². The highest BCUT2D eigenvalue weighted by atomic mass is 32.2. The SMILES string of the molecule is CC(C)c1cccc(C(C)C)c1OS(=O)(=O)NC(=O)c1cc2ccccc2oc1=O. The van der Waals surface area contributed by atoms with E-state index in [9.17, 15) is 18.0 Å². The van der Waals surface area contributed by atoms with Gasteiger partial charge in [0.25, 0.3) is 5.91 Å². The lowest BCUT2D eigenvalue weighted by atomic mass is 9.94. The summed E-state index contributed by atoms with van der Waals surface area (Å²) in [5.41, 5.74) is 0.327. The summed E-state index contributed by atoms with van der Waals surface area (Å²) in [6.07, 6.45) is 0. The Morgan fingerprint density at radius 3 is 2.17 bits per heavy atom. The van der Waals surface area contributed by atoms with E-state index < -0.39 is 27.4 Å². The Kier molecular flexibility index (Phi) is 5.98. The van der Waals surface area contributed by atoms with E-state index in [0.717, 1.165) is 0 Å². The van der Waals surface area contributed by atoms with Crippen LogP contribution in [-0.4, -0.2) is 14.3 Å². The molecule has 1 aromatic heterocycles. The minimum Gasteiger partial charge on any atom is -0.422 e. The predicted octanol–water partition coefficient (Wildman–Crippen LogP) is 4.09. The lowest BCUT2D eigenvalue weighted by molar-refractivity contribution is 0.0975. The van der Waals surface area contributed by atoms with Gasteiger partial charge in [-0.2, -0.15) is 8.42 Å². The van der Waals surface area contributed by atoms with Crippen LogP contribution in [0.25, 0.3) is 11.0 Å². The van der Waals surface area contributed by atoms with Crippen molar-refractivity contribution >= 4 is 27.2 Å². The van der Waals surface area contributed by atoms with Gasteiger partial charge in [0, 0.05) is 5.39 Å². The molecule has 1 amide bonds. The molecule has 7 nitrogen and oxygen atoms in total. The number of carbonyl (C=O) groups is 1. The largest absolute Gasteiger partial charge is 0.422 e. The maximum atomic E-state index is 12.6. The van der Waals surface area contributed by atoms with E-state index in [0.29, 0.717) is 22.1 Å². The number of fused-ring (bicyclic) bond motifs is 1. The second-order valence-electron chi connectivity index (χ2n) is 7.53. The van der Waals surface area contributed by atoms with E-state index in [4.69, 9.17) is 8.60 Å². The number of hydrogen-bond donors (Lipinski definition) is 1. The maximum absolute atomic E-state index is 12.6. The molecule has 8 heteroatoms. The Balaban J connectivity index is 1.94. The van der Waals surface area contributed by atoms with Gasteiger partial charge >= 0.3 is 15.9 Å². The fourth-order valence-corrected chi connectivity index (χ4v) is 3.89. The molecule has 158 valence electrons. The van der Waals surface area contributed by atoms with Gasteiger partial charge in [0.2, 0.25) is 0 Å². The van der Waals surface area contributed by atoms with Gasteiger partial charge in [-0.1, -0.05) is 64.1 Å². The summed E-state index contributed by atoms with van der Waals surface area (Å²) in [5, 5.41) is 0.493. The minimum absolute atomic E-state index is 0.00265. The topological polar surface area (TPSA) is 103 Å². The molecule has 0 fully saturated rings. The van der Waals surface area contributed by atoms with Gasteiger partial charge in [-0.05, 0) is 35.1 Å². The first-order valence-corrected chi connectivity index (χ1v) is 10.9. The average Bonchev–Trinajstić information content (AvgIpc) is 2.66. The Labute approximate surface area is 174 Å². The van der Waals surface area contributed by atoms with Crippen molar-refractivity contribution in [2.24, 2.45) is 0 Å². The smallest absolute Gasteiger partial charge is 0.409 e. The number of rotatable bonds is 6. The number of para-hydroxylation sites is 2. The molecule has 0 bridgehead atoms. The third-order valence-corrected chi connectivity index (χ3v) is 5.44. The molecular weight excluding hydrogens is 406 g/mol. The number of hydrogen-bond acceptors (Lipinski definition) is 6. The fraction of sp³-hybridized carbons (Fsp3) is 0.273. The molecule has 0 saturated heterocycles. The Morgan fingerprint density at radius 2 is 1.57 bits per heavy atom. The van der Waals surface area contributed by atoms with Gasteiger partial charge < -0.3 is 8.60 Å². The molecule has 0 aliphatic rings. The summed E-state index contributed by atoms with van der Waals surface area (Å²) < 4.78 is 37.5. The third-order valence-electron chi connectivity index (χ3n) is 4.62. The van der Waals surface area contributed by atoms with Crippen LogP contribution in [0.5, 0.6) is 5.75 Å². The Hall–Kier alpha value is -3.13. The second-order valence-corrected chi connectivity index (χ2v) is 8.81. The highest BCUT2D eigenvalue weighted by molar-refractivity contribution is 7.85. The molecule has 3 aromatic rings. The van der Waals surface area contributed by atoms with Crippen molar-refractivity contribution in [1.29, 1.82) is 0 Å². The highest BCUT2D eigenvalue weighted by Gasteiger charge is 2.25. The molecule has 0 atom stereocenters. The lowest BCUT2D eigenvalue weighted by Gasteiger charge is -2.19. The minimum atomic E-state index is -4.54. The first-order chi connectivity index (χ1) is 14.1. The second kappa shape index (κ2) is 8.31. The van der Waals surface area contributed by atoms with Crippen molar-refractivity contribution in [2.45, 2.75) is 39.5 Å². The van der Waals surface area contributed by atoms with Gasteiger partial charge in [0.1, 0.15) is 11.1 Å². The lowest BCUT2D eigenvalue weighted by Crippen LogP contribution is -2.36. The predicted molar refractivity (Wildman–Crippen MR) is 114 cm³/mol. The highest BCUT2D eigenvalue weighted by Crippen LogP contribution is 2.35. The summed E-state index contributed by atoms with van der Waals surface area (Å²) in [5.74, 6) is -0.940. The number of amides is 1. The number of carbonyl (C=O) groups excluding carboxylic acids is 1. The number of nitrogens with one attached hydrogen (secondary N) is 1. The van der Waals surface area contributed by atoms with E-state index in [2.05, 4.69) is 0 Å². The molecule has 0 unspecified atom stereocenters. The van der Waals surface area contributed by atoms with E-state index >= 15 is 0 Å². The van der Waals surface area contributed by atoms with Crippen LogP contribution in [0.2, 0.25) is 0 Å². The maximum Gasteiger partial charge on any atom is 0.409 e. The molecule has 2 aromatic carbocycles. The van der Waals surface area contributed by atoms with Crippen molar-refractivity contribution in [2.75, 3.05) is 0 Å². The molecule has 30 heavy (non-hydrogen) atoms. The van der Waals surface area contributed by atoms with Crippen LogP contribution in [0, 0.1) is 0 Å². The summed E-state index contributed by atoms with van der Waals surface area (Å²) >= 11 is 0. The molecule has 3 rings (SSSR count). The van der Waals surface area contributed by atoms with Gasteiger partial charge in [-0.25, -0.2) is 9.52 Å². The summed E-state index contributed by atoms with van der Waals surface area (Å²) in [6.45, 7) is 7.66. The van der Waals surface area contributed by atoms with Crippen LogP contribution in [-0.2, 0) is 10.3 Å². The molecular formula is C22H23NO6S. The van der Waals surface area contributed by atoms with Gasteiger partial charge in [-0.3, -0.25) is 4.79 Å². The van der Waals surface area contributed by atoms with Crippen LogP contribution < -0.4 is 14.5 Å². The van der Waals surface area contributed by atoms with Gasteiger partial charge in [-0.15, -0.1) is 0 Å². The van der Waals surface area contributed by atoms with Crippen molar-refractivity contribution in [3.05, 3.63) is 75.6 Å². The molecule has 0 aliphatic carbocycles. The average molecular weight is 429 g/mol. The zero-order valence-corrected chi connectivity index (χ0v) is 17.9. The first-order valence-electron chi connectivity index (χ1n) is 9.51. The van der Waals surface area contributed by atoms with Gasteiger partial charge in [0.15, 0.2) is 5.75 Å². The van der Waals surface area contributed by atoms with Crippen LogP contribution >= 0.6 is 0 Å². The summed E-state index contributed by atoms with van der Waals surface area (Å²) in [7, 11) is -4.54. The Bertz CT molecular complexity index is 1230. The molecule has 0 aliphatic heterocycles. The Morgan fingerprint density at radius 1 is 0.967 bits per heavy atom. The fourth-order valence-electron chi connectivity index (χ4n) is 3.10. The van der Waals surface area contributed by atoms with Crippen LogP contribution in [0.15, 0.2) is 57.7 Å².